The maximum Gasteiger partial charge on any atom is 0.416 e. The molecule has 2 aromatic carbocycles. The standard InChI is InChI=1S/C22H16ClF3N8O/c1-10(30-18-13(9-27)17(28)32-21(29)33-18)19-31-15-7-3-6-14(23)16(15)20(35)34(19)12-5-2-4-11(8-12)22(24,25)26/h2-8,10H,1H3,(H5,28,29,30,32,33). The van der Waals surface area contributed by atoms with Gasteiger partial charge >= 0.3 is 6.18 Å². The zero-order valence-electron chi connectivity index (χ0n) is 17.9. The predicted molar refractivity (Wildman–Crippen MR) is 125 cm³/mol. The number of fused-ring (bicyclic) bond motifs is 1. The molecule has 5 N–H and O–H groups in total. The van der Waals surface area contributed by atoms with Crippen LogP contribution in [-0.2, 0) is 6.18 Å². The summed E-state index contributed by atoms with van der Waals surface area (Å²) in [5.74, 6) is -0.363. The zero-order chi connectivity index (χ0) is 25.5. The summed E-state index contributed by atoms with van der Waals surface area (Å²) in [4.78, 5) is 25.8. The Balaban J connectivity index is 1.97. The second kappa shape index (κ2) is 8.77. The molecule has 9 nitrogen and oxygen atoms in total. The number of hydrogen-bond donors (Lipinski definition) is 3. The highest BCUT2D eigenvalue weighted by Crippen LogP contribution is 2.32. The van der Waals surface area contributed by atoms with Gasteiger partial charge in [-0.1, -0.05) is 23.7 Å². The summed E-state index contributed by atoms with van der Waals surface area (Å²) in [6.45, 7) is 1.58. The van der Waals surface area contributed by atoms with E-state index in [2.05, 4.69) is 20.3 Å². The van der Waals surface area contributed by atoms with Gasteiger partial charge < -0.3 is 16.8 Å². The van der Waals surface area contributed by atoms with Gasteiger partial charge in [-0.05, 0) is 37.3 Å². The fourth-order valence-corrected chi connectivity index (χ4v) is 3.80. The molecule has 35 heavy (non-hydrogen) atoms. The van der Waals surface area contributed by atoms with Crippen molar-refractivity contribution in [1.82, 2.24) is 19.5 Å². The Labute approximate surface area is 200 Å². The van der Waals surface area contributed by atoms with E-state index in [9.17, 15) is 23.2 Å². The van der Waals surface area contributed by atoms with Crippen molar-refractivity contribution in [3.05, 3.63) is 74.8 Å². The molecule has 4 rings (SSSR count). The van der Waals surface area contributed by atoms with Gasteiger partial charge in [0.15, 0.2) is 5.82 Å². The lowest BCUT2D eigenvalue weighted by Gasteiger charge is -2.21. The number of alkyl halides is 3. The lowest BCUT2D eigenvalue weighted by molar-refractivity contribution is -0.137. The van der Waals surface area contributed by atoms with E-state index < -0.39 is 23.3 Å². The Bertz CT molecular complexity index is 1560. The minimum atomic E-state index is -4.64. The minimum absolute atomic E-state index is 0.0268. The molecule has 0 saturated heterocycles. The fraction of sp³-hybridized carbons (Fsp3) is 0.136. The van der Waals surface area contributed by atoms with E-state index in [-0.39, 0.29) is 50.6 Å². The van der Waals surface area contributed by atoms with Gasteiger partial charge in [0.25, 0.3) is 5.56 Å². The van der Waals surface area contributed by atoms with E-state index in [1.165, 1.54) is 18.2 Å². The van der Waals surface area contributed by atoms with E-state index in [4.69, 9.17) is 23.1 Å². The van der Waals surface area contributed by atoms with Crippen molar-refractivity contribution in [3.63, 3.8) is 0 Å². The lowest BCUT2D eigenvalue weighted by atomic mass is 10.1. The monoisotopic (exact) mass is 500 g/mol. The smallest absolute Gasteiger partial charge is 0.382 e. The Morgan fingerprint density at radius 1 is 1.14 bits per heavy atom. The number of aromatic nitrogens is 4. The first-order valence-corrected chi connectivity index (χ1v) is 10.4. The summed E-state index contributed by atoms with van der Waals surface area (Å²) in [7, 11) is 0. The molecule has 4 aromatic rings. The van der Waals surface area contributed by atoms with Gasteiger partial charge in [0, 0.05) is 0 Å². The average molecular weight is 501 g/mol. The number of nitrogens with two attached hydrogens (primary N) is 2. The molecule has 1 atom stereocenters. The molecular formula is C22H16ClF3N8O. The molecule has 13 heteroatoms. The number of rotatable bonds is 4. The second-order valence-corrected chi connectivity index (χ2v) is 7.87. The summed E-state index contributed by atoms with van der Waals surface area (Å²) in [5.41, 5.74) is 9.84. The van der Waals surface area contributed by atoms with Gasteiger partial charge in [-0.3, -0.25) is 9.36 Å². The first-order chi connectivity index (χ1) is 16.5. The summed E-state index contributed by atoms with van der Waals surface area (Å²) in [5, 5.41) is 12.5. The van der Waals surface area contributed by atoms with Gasteiger partial charge in [0.05, 0.1) is 33.2 Å². The summed E-state index contributed by atoms with van der Waals surface area (Å²) in [6.07, 6.45) is -4.64. The van der Waals surface area contributed by atoms with Crippen LogP contribution in [0.4, 0.5) is 30.8 Å². The largest absolute Gasteiger partial charge is 0.416 e. The van der Waals surface area contributed by atoms with Gasteiger partial charge in [0.2, 0.25) is 5.95 Å². The van der Waals surface area contributed by atoms with Crippen LogP contribution in [0, 0.1) is 11.3 Å². The maximum atomic E-state index is 13.5. The van der Waals surface area contributed by atoms with Crippen LogP contribution in [0.2, 0.25) is 5.02 Å². The SMILES string of the molecule is CC(Nc1nc(N)nc(N)c1C#N)c1nc2cccc(Cl)c2c(=O)n1-c1cccc(C(F)(F)F)c1. The number of halogens is 4. The van der Waals surface area contributed by atoms with Crippen LogP contribution in [-0.4, -0.2) is 19.5 Å². The number of nitrogen functional groups attached to an aromatic ring is 2. The molecule has 178 valence electrons. The van der Waals surface area contributed by atoms with Crippen molar-refractivity contribution in [1.29, 1.82) is 5.26 Å². The fourth-order valence-electron chi connectivity index (χ4n) is 3.55. The van der Waals surface area contributed by atoms with Crippen LogP contribution in [0.25, 0.3) is 16.6 Å². The number of anilines is 3. The third kappa shape index (κ3) is 4.41. The van der Waals surface area contributed by atoms with Crippen molar-refractivity contribution >= 4 is 40.1 Å². The molecule has 0 aliphatic carbocycles. The maximum absolute atomic E-state index is 13.5. The molecule has 0 aliphatic rings. The molecular weight excluding hydrogens is 485 g/mol. The van der Waals surface area contributed by atoms with E-state index in [1.807, 2.05) is 6.07 Å². The normalized spacial score (nSPS) is 12.3. The summed E-state index contributed by atoms with van der Waals surface area (Å²) in [6, 6.07) is 9.89. The van der Waals surface area contributed by atoms with Gasteiger partial charge in [-0.15, -0.1) is 0 Å². The van der Waals surface area contributed by atoms with Crippen LogP contribution < -0.4 is 22.3 Å². The molecule has 0 amide bonds. The van der Waals surface area contributed by atoms with Crippen LogP contribution in [0.5, 0.6) is 0 Å². The Morgan fingerprint density at radius 2 is 1.86 bits per heavy atom. The van der Waals surface area contributed by atoms with Crippen LogP contribution in [0.3, 0.4) is 0 Å². The number of nitrogens with zero attached hydrogens (tertiary/aromatic N) is 5. The van der Waals surface area contributed by atoms with E-state index in [1.54, 1.807) is 19.1 Å². The van der Waals surface area contributed by atoms with Gasteiger partial charge in [-0.2, -0.15) is 28.4 Å². The quantitative estimate of drug-likeness (QED) is 0.380. The van der Waals surface area contributed by atoms with Crippen molar-refractivity contribution in [2.75, 3.05) is 16.8 Å². The number of hydrogen-bond acceptors (Lipinski definition) is 8. The number of nitrogens with one attached hydrogen (secondary N) is 1. The number of benzene rings is 2. The van der Waals surface area contributed by atoms with E-state index in [0.29, 0.717) is 0 Å². The summed E-state index contributed by atoms with van der Waals surface area (Å²) >= 11 is 6.23. The van der Waals surface area contributed by atoms with Crippen molar-refractivity contribution in [2.24, 2.45) is 0 Å². The molecule has 0 aliphatic heterocycles. The minimum Gasteiger partial charge on any atom is -0.382 e. The Kier molecular flexibility index (Phi) is 5.96. The number of nitriles is 1. The van der Waals surface area contributed by atoms with Crippen molar-refractivity contribution in [2.45, 2.75) is 19.1 Å². The molecule has 2 heterocycles. The molecule has 0 radical (unpaired) electrons. The van der Waals surface area contributed by atoms with Crippen LogP contribution in [0.15, 0.2) is 47.3 Å². The zero-order valence-corrected chi connectivity index (χ0v) is 18.7. The highest BCUT2D eigenvalue weighted by molar-refractivity contribution is 6.35. The molecule has 0 fully saturated rings. The first-order valence-electron chi connectivity index (χ1n) is 9.99. The topological polar surface area (TPSA) is 149 Å². The third-order valence-corrected chi connectivity index (χ3v) is 5.43. The second-order valence-electron chi connectivity index (χ2n) is 7.46. The molecule has 0 saturated carbocycles. The van der Waals surface area contributed by atoms with Gasteiger partial charge in [-0.25, -0.2) is 4.98 Å². The highest BCUT2D eigenvalue weighted by Gasteiger charge is 2.31. The third-order valence-electron chi connectivity index (χ3n) is 5.11. The lowest BCUT2D eigenvalue weighted by Crippen LogP contribution is -2.28. The average Bonchev–Trinajstić information content (AvgIpc) is 2.78. The summed E-state index contributed by atoms with van der Waals surface area (Å²) < 4.78 is 41.2. The van der Waals surface area contributed by atoms with Crippen LogP contribution in [0.1, 0.15) is 29.9 Å². The van der Waals surface area contributed by atoms with E-state index in [0.717, 1.165) is 16.7 Å². The Morgan fingerprint density at radius 3 is 2.54 bits per heavy atom. The predicted octanol–water partition coefficient (Wildman–Crippen LogP) is 4.06. The first kappa shape index (κ1) is 23.8. The van der Waals surface area contributed by atoms with Crippen molar-refractivity contribution in [3.8, 4) is 11.8 Å². The van der Waals surface area contributed by atoms with Gasteiger partial charge in [0.1, 0.15) is 23.3 Å². The Hall–Kier alpha value is -4.37. The molecule has 0 bridgehead atoms. The van der Waals surface area contributed by atoms with Crippen LogP contribution >= 0.6 is 11.6 Å². The molecule has 0 spiro atoms. The highest BCUT2D eigenvalue weighted by atomic mass is 35.5. The van der Waals surface area contributed by atoms with E-state index >= 15 is 0 Å². The molecule has 2 aromatic heterocycles. The molecule has 1 unspecified atom stereocenters. The van der Waals surface area contributed by atoms with Crippen molar-refractivity contribution < 1.29 is 13.2 Å².